The number of hydrogen-bond donors (Lipinski definition) is 2. The summed E-state index contributed by atoms with van der Waals surface area (Å²) in [7, 11) is -3.48. The van der Waals surface area contributed by atoms with Gasteiger partial charge in [0.05, 0.1) is 17.0 Å². The lowest BCUT2D eigenvalue weighted by Crippen LogP contribution is -2.52. The zero-order valence-corrected chi connectivity index (χ0v) is 22.2. The Hall–Kier alpha value is -3.63. The summed E-state index contributed by atoms with van der Waals surface area (Å²) in [5, 5.41) is 7.50. The highest BCUT2D eigenvalue weighted by atomic mass is 32.2. The normalized spacial score (nSPS) is 26.2. The van der Waals surface area contributed by atoms with Gasteiger partial charge in [-0.05, 0) is 48.9 Å². The molecule has 39 heavy (non-hydrogen) atoms. The zero-order valence-electron chi connectivity index (χ0n) is 21.4. The van der Waals surface area contributed by atoms with E-state index in [0.717, 1.165) is 22.0 Å². The highest BCUT2D eigenvalue weighted by Gasteiger charge is 2.60. The Balaban J connectivity index is 1.15. The first-order chi connectivity index (χ1) is 18.8. The van der Waals surface area contributed by atoms with Crippen molar-refractivity contribution in [3.63, 3.8) is 0 Å². The summed E-state index contributed by atoms with van der Waals surface area (Å²) in [5.74, 6) is -1.13. The average Bonchev–Trinajstić information content (AvgIpc) is 3.86. The molecule has 3 aliphatic rings. The molecule has 2 N–H and O–H groups in total. The molecule has 2 aromatic heterocycles. The molecule has 2 aliphatic carbocycles. The number of sulfone groups is 1. The quantitative estimate of drug-likeness (QED) is 0.372. The van der Waals surface area contributed by atoms with Crippen LogP contribution in [0.5, 0.6) is 5.88 Å². The maximum atomic E-state index is 13.2. The van der Waals surface area contributed by atoms with Crippen LogP contribution in [-0.4, -0.2) is 65.3 Å². The van der Waals surface area contributed by atoms with Crippen molar-refractivity contribution in [2.45, 2.75) is 48.6 Å². The SMILES string of the molecule is C=C[C@@H]1C[C@]1(NC(=O)[C@@H]1C[C@@H](Oc2nc(-c3ccncc3)cc3ccccc23)CN1)C(=O)CS(=O)(=O)C1CC1. The van der Waals surface area contributed by atoms with Gasteiger partial charge in [-0.1, -0.05) is 24.3 Å². The number of fused-ring (bicyclic) bond motifs is 1. The number of hydrogen-bond acceptors (Lipinski definition) is 8. The van der Waals surface area contributed by atoms with E-state index >= 15 is 0 Å². The first kappa shape index (κ1) is 25.6. The third-order valence-corrected chi connectivity index (χ3v) is 10.0. The molecule has 9 nitrogen and oxygen atoms in total. The van der Waals surface area contributed by atoms with E-state index in [-0.39, 0.29) is 17.9 Å². The molecule has 2 saturated carbocycles. The fourth-order valence-corrected chi connectivity index (χ4v) is 7.06. The predicted molar refractivity (Wildman–Crippen MR) is 147 cm³/mol. The number of Topliss-reactive ketones (excluding diaryl/α,β-unsaturated/α-hetero) is 1. The van der Waals surface area contributed by atoms with Crippen molar-refractivity contribution in [2.24, 2.45) is 5.92 Å². The highest BCUT2D eigenvalue weighted by Crippen LogP contribution is 2.46. The van der Waals surface area contributed by atoms with Gasteiger partial charge in [0.1, 0.15) is 17.4 Å². The van der Waals surface area contributed by atoms with Crippen molar-refractivity contribution in [2.75, 3.05) is 12.3 Å². The minimum atomic E-state index is -3.48. The second-order valence-electron chi connectivity index (χ2n) is 10.6. The van der Waals surface area contributed by atoms with Crippen LogP contribution in [0.1, 0.15) is 25.7 Å². The van der Waals surface area contributed by atoms with Crippen LogP contribution >= 0.6 is 0 Å². The van der Waals surface area contributed by atoms with Crippen LogP contribution in [0, 0.1) is 5.92 Å². The van der Waals surface area contributed by atoms with E-state index in [1.54, 1.807) is 18.5 Å². The van der Waals surface area contributed by atoms with E-state index in [1.165, 1.54) is 0 Å². The molecule has 1 aromatic carbocycles. The molecular weight excluding hydrogens is 516 g/mol. The van der Waals surface area contributed by atoms with E-state index in [9.17, 15) is 18.0 Å². The molecule has 0 bridgehead atoms. The topological polar surface area (TPSA) is 127 Å². The highest BCUT2D eigenvalue weighted by molar-refractivity contribution is 7.93. The van der Waals surface area contributed by atoms with Crippen molar-refractivity contribution in [3.8, 4) is 17.1 Å². The molecular formula is C29H30N4O5S. The summed E-state index contributed by atoms with van der Waals surface area (Å²) in [6.45, 7) is 4.19. The van der Waals surface area contributed by atoms with Crippen molar-refractivity contribution in [1.82, 2.24) is 20.6 Å². The first-order valence-corrected chi connectivity index (χ1v) is 14.9. The number of aromatic nitrogens is 2. The number of ether oxygens (including phenoxy) is 1. The molecule has 1 amide bonds. The summed E-state index contributed by atoms with van der Waals surface area (Å²) in [6.07, 6.45) is 6.67. The number of amides is 1. The lowest BCUT2D eigenvalue weighted by molar-refractivity contribution is -0.129. The van der Waals surface area contributed by atoms with Gasteiger partial charge in [0.15, 0.2) is 15.6 Å². The van der Waals surface area contributed by atoms with Crippen molar-refractivity contribution < 1.29 is 22.7 Å². The van der Waals surface area contributed by atoms with Crippen LogP contribution in [0.25, 0.3) is 22.0 Å². The Labute approximate surface area is 227 Å². The van der Waals surface area contributed by atoms with E-state index in [4.69, 9.17) is 9.72 Å². The molecule has 6 rings (SSSR count). The molecule has 1 aliphatic heterocycles. The van der Waals surface area contributed by atoms with E-state index in [0.29, 0.717) is 38.1 Å². The lowest BCUT2D eigenvalue weighted by atomic mass is 10.1. The van der Waals surface area contributed by atoms with Gasteiger partial charge in [0.2, 0.25) is 11.8 Å². The number of rotatable bonds is 10. The molecule has 0 radical (unpaired) electrons. The van der Waals surface area contributed by atoms with Crippen molar-refractivity contribution in [3.05, 3.63) is 67.5 Å². The number of carbonyl (C=O) groups excluding carboxylic acids is 2. The molecule has 0 unspecified atom stereocenters. The van der Waals surface area contributed by atoms with Gasteiger partial charge < -0.3 is 15.4 Å². The molecule has 4 atom stereocenters. The van der Waals surface area contributed by atoms with Gasteiger partial charge in [0.25, 0.3) is 0 Å². The second-order valence-corrected chi connectivity index (χ2v) is 12.9. The summed E-state index contributed by atoms with van der Waals surface area (Å²) < 4.78 is 31.2. The number of benzene rings is 1. The molecule has 3 aromatic rings. The largest absolute Gasteiger partial charge is 0.472 e. The van der Waals surface area contributed by atoms with Gasteiger partial charge in [-0.3, -0.25) is 14.6 Å². The number of carbonyl (C=O) groups is 2. The van der Waals surface area contributed by atoms with Gasteiger partial charge in [0, 0.05) is 42.2 Å². The Morgan fingerprint density at radius 3 is 2.67 bits per heavy atom. The van der Waals surface area contributed by atoms with Crippen LogP contribution < -0.4 is 15.4 Å². The number of nitrogens with one attached hydrogen (secondary N) is 2. The fourth-order valence-electron chi connectivity index (χ4n) is 5.35. The third kappa shape index (κ3) is 5.06. The van der Waals surface area contributed by atoms with Crippen LogP contribution in [0.15, 0.2) is 67.5 Å². The minimum absolute atomic E-state index is 0.275. The van der Waals surface area contributed by atoms with E-state index in [2.05, 4.69) is 22.2 Å². The molecule has 202 valence electrons. The maximum absolute atomic E-state index is 13.2. The Morgan fingerprint density at radius 1 is 1.18 bits per heavy atom. The Morgan fingerprint density at radius 2 is 1.95 bits per heavy atom. The number of nitrogens with zero attached hydrogens (tertiary/aromatic N) is 2. The van der Waals surface area contributed by atoms with Gasteiger partial charge in [-0.2, -0.15) is 0 Å². The summed E-state index contributed by atoms with van der Waals surface area (Å²) in [6, 6.07) is 13.0. The second kappa shape index (κ2) is 9.84. The van der Waals surface area contributed by atoms with Crippen LogP contribution in [0.2, 0.25) is 0 Å². The molecule has 1 saturated heterocycles. The lowest BCUT2D eigenvalue weighted by Gasteiger charge is -2.20. The van der Waals surface area contributed by atoms with E-state index < -0.39 is 38.2 Å². The van der Waals surface area contributed by atoms with Crippen LogP contribution in [0.4, 0.5) is 0 Å². The summed E-state index contributed by atoms with van der Waals surface area (Å²) in [4.78, 5) is 35.2. The Kier molecular flexibility index (Phi) is 6.47. The average molecular weight is 547 g/mol. The van der Waals surface area contributed by atoms with E-state index in [1.807, 2.05) is 42.5 Å². The van der Waals surface area contributed by atoms with Crippen LogP contribution in [0.3, 0.4) is 0 Å². The van der Waals surface area contributed by atoms with Gasteiger partial charge in [-0.25, -0.2) is 13.4 Å². The monoisotopic (exact) mass is 546 g/mol. The molecule has 3 heterocycles. The van der Waals surface area contributed by atoms with Gasteiger partial charge >= 0.3 is 0 Å². The smallest absolute Gasteiger partial charge is 0.238 e. The molecule has 0 spiro atoms. The first-order valence-electron chi connectivity index (χ1n) is 13.2. The number of pyridine rings is 2. The maximum Gasteiger partial charge on any atom is 0.238 e. The van der Waals surface area contributed by atoms with Crippen molar-refractivity contribution >= 4 is 32.3 Å². The molecule has 10 heteroatoms. The third-order valence-electron chi connectivity index (χ3n) is 7.87. The Bertz CT molecular complexity index is 1560. The summed E-state index contributed by atoms with van der Waals surface area (Å²) >= 11 is 0. The van der Waals surface area contributed by atoms with Gasteiger partial charge in [-0.15, -0.1) is 6.58 Å². The predicted octanol–water partition coefficient (Wildman–Crippen LogP) is 2.61. The summed E-state index contributed by atoms with van der Waals surface area (Å²) in [5.41, 5.74) is 0.484. The fraction of sp³-hybridized carbons (Fsp3) is 0.379. The van der Waals surface area contributed by atoms with Crippen LogP contribution in [-0.2, 0) is 19.4 Å². The van der Waals surface area contributed by atoms with Crippen molar-refractivity contribution in [1.29, 1.82) is 0 Å². The zero-order chi connectivity index (χ0) is 27.2. The minimum Gasteiger partial charge on any atom is -0.472 e. The number of ketones is 1. The standard InChI is InChI=1S/C29H30N4O5S/c1-2-20-15-29(20,26(34)17-39(36,37)22-7-8-22)33-27(35)25-14-21(16-31-25)38-28-23-6-4-3-5-19(23)13-24(32-28)18-9-11-30-12-10-18/h2-6,9-13,20-22,25,31H,1,7-8,14-17H2,(H,33,35)/t20-,21-,25+,29-/m1/s1. The molecule has 3 fully saturated rings.